The SMILES string of the molecule is CCCN(CC(F)(F)F)c1nc(C)nc(NCC)c1C. The summed E-state index contributed by atoms with van der Waals surface area (Å²) in [4.78, 5) is 9.69. The van der Waals surface area contributed by atoms with Crippen LogP contribution >= 0.6 is 0 Å². The standard InChI is InChI=1S/C13H21F3N4/c1-5-7-20(8-13(14,15)16)12-9(3)11(17-6-2)18-10(4)19-12/h5-8H2,1-4H3,(H,17,18,19). The molecule has 0 unspecified atom stereocenters. The molecule has 7 heteroatoms. The minimum Gasteiger partial charge on any atom is -0.370 e. The lowest BCUT2D eigenvalue weighted by molar-refractivity contribution is -0.119. The van der Waals surface area contributed by atoms with Gasteiger partial charge in [-0.05, 0) is 27.2 Å². The molecule has 1 rings (SSSR count). The monoisotopic (exact) mass is 290 g/mol. The average molecular weight is 290 g/mol. The first-order chi connectivity index (χ1) is 9.28. The molecule has 0 spiro atoms. The molecule has 0 saturated carbocycles. The molecule has 0 amide bonds. The topological polar surface area (TPSA) is 41.1 Å². The van der Waals surface area contributed by atoms with Gasteiger partial charge in [-0.1, -0.05) is 6.92 Å². The van der Waals surface area contributed by atoms with Crippen LogP contribution in [0.1, 0.15) is 31.7 Å². The largest absolute Gasteiger partial charge is 0.405 e. The van der Waals surface area contributed by atoms with Gasteiger partial charge in [-0.15, -0.1) is 0 Å². The van der Waals surface area contributed by atoms with Gasteiger partial charge in [0, 0.05) is 18.7 Å². The summed E-state index contributed by atoms with van der Waals surface area (Å²) in [7, 11) is 0. The molecular formula is C13H21F3N4. The fourth-order valence-electron chi connectivity index (χ4n) is 2.01. The van der Waals surface area contributed by atoms with Crippen molar-refractivity contribution in [2.24, 2.45) is 0 Å². The zero-order valence-corrected chi connectivity index (χ0v) is 12.3. The predicted molar refractivity (Wildman–Crippen MR) is 74.2 cm³/mol. The van der Waals surface area contributed by atoms with E-state index in [0.717, 1.165) is 0 Å². The van der Waals surface area contributed by atoms with Gasteiger partial charge in [-0.25, -0.2) is 9.97 Å². The van der Waals surface area contributed by atoms with Crippen LogP contribution in [0, 0.1) is 13.8 Å². The van der Waals surface area contributed by atoms with Crippen LogP contribution in [0.2, 0.25) is 0 Å². The zero-order valence-electron chi connectivity index (χ0n) is 12.3. The molecule has 0 aliphatic carbocycles. The third kappa shape index (κ3) is 4.54. The highest BCUT2D eigenvalue weighted by Crippen LogP contribution is 2.27. The second kappa shape index (κ2) is 6.76. The maximum Gasteiger partial charge on any atom is 0.405 e. The molecule has 1 heterocycles. The van der Waals surface area contributed by atoms with E-state index in [9.17, 15) is 13.2 Å². The molecular weight excluding hydrogens is 269 g/mol. The molecule has 1 aromatic rings. The Labute approximate surface area is 117 Å². The Hall–Kier alpha value is -1.53. The Kier molecular flexibility index (Phi) is 5.59. The quantitative estimate of drug-likeness (QED) is 0.872. The van der Waals surface area contributed by atoms with Crippen molar-refractivity contribution in [3.63, 3.8) is 0 Å². The van der Waals surface area contributed by atoms with Crippen LogP contribution in [0.4, 0.5) is 24.8 Å². The van der Waals surface area contributed by atoms with Crippen molar-refractivity contribution < 1.29 is 13.2 Å². The molecule has 0 aromatic carbocycles. The van der Waals surface area contributed by atoms with Crippen molar-refractivity contribution in [1.29, 1.82) is 0 Å². The summed E-state index contributed by atoms with van der Waals surface area (Å²) in [6, 6.07) is 0. The third-order valence-corrected chi connectivity index (χ3v) is 2.74. The molecule has 1 N–H and O–H groups in total. The van der Waals surface area contributed by atoms with Crippen LogP contribution in [0.15, 0.2) is 0 Å². The average Bonchev–Trinajstić information content (AvgIpc) is 2.31. The lowest BCUT2D eigenvalue weighted by atomic mass is 10.2. The Morgan fingerprint density at radius 2 is 1.80 bits per heavy atom. The molecule has 0 atom stereocenters. The van der Waals surface area contributed by atoms with Crippen molar-refractivity contribution >= 4 is 11.6 Å². The summed E-state index contributed by atoms with van der Waals surface area (Å²) in [5.74, 6) is 1.41. The summed E-state index contributed by atoms with van der Waals surface area (Å²) < 4.78 is 38.1. The highest BCUT2D eigenvalue weighted by atomic mass is 19.4. The van der Waals surface area contributed by atoms with Gasteiger partial charge in [0.1, 0.15) is 24.0 Å². The first-order valence-electron chi connectivity index (χ1n) is 6.69. The highest BCUT2D eigenvalue weighted by Gasteiger charge is 2.32. The second-order valence-electron chi connectivity index (χ2n) is 4.64. The summed E-state index contributed by atoms with van der Waals surface area (Å²) in [5.41, 5.74) is 0.648. The third-order valence-electron chi connectivity index (χ3n) is 2.74. The Balaban J connectivity index is 3.18. The molecule has 4 nitrogen and oxygen atoms in total. The number of hydrogen-bond acceptors (Lipinski definition) is 4. The van der Waals surface area contributed by atoms with Gasteiger partial charge in [0.2, 0.25) is 0 Å². The van der Waals surface area contributed by atoms with Gasteiger partial charge >= 0.3 is 6.18 Å². The Bertz CT molecular complexity index is 446. The van der Waals surface area contributed by atoms with E-state index in [0.29, 0.717) is 42.5 Å². The second-order valence-corrected chi connectivity index (χ2v) is 4.64. The predicted octanol–water partition coefficient (Wildman–Crippen LogP) is 3.30. The fraction of sp³-hybridized carbons (Fsp3) is 0.692. The van der Waals surface area contributed by atoms with Crippen molar-refractivity contribution in [3.8, 4) is 0 Å². The van der Waals surface area contributed by atoms with Crippen molar-refractivity contribution in [2.75, 3.05) is 29.9 Å². The molecule has 1 aromatic heterocycles. The van der Waals surface area contributed by atoms with Crippen LogP contribution in [0.5, 0.6) is 0 Å². The minimum atomic E-state index is -4.25. The number of nitrogens with one attached hydrogen (secondary N) is 1. The number of aromatic nitrogens is 2. The van der Waals surface area contributed by atoms with E-state index in [1.807, 2.05) is 13.8 Å². The summed E-state index contributed by atoms with van der Waals surface area (Å²) in [6.45, 7) is 7.15. The van der Waals surface area contributed by atoms with Gasteiger partial charge in [-0.3, -0.25) is 0 Å². The first kappa shape index (κ1) is 16.5. The Morgan fingerprint density at radius 3 is 2.30 bits per heavy atom. The lowest BCUT2D eigenvalue weighted by Crippen LogP contribution is -2.36. The smallest absolute Gasteiger partial charge is 0.370 e. The van der Waals surface area contributed by atoms with Gasteiger partial charge in [0.05, 0.1) is 0 Å². The normalized spacial score (nSPS) is 11.6. The molecule has 0 radical (unpaired) electrons. The summed E-state index contributed by atoms with van der Waals surface area (Å²) in [6.07, 6.45) is -3.63. The van der Waals surface area contributed by atoms with Crippen LogP contribution < -0.4 is 10.2 Å². The number of halogens is 3. The van der Waals surface area contributed by atoms with Gasteiger partial charge in [0.15, 0.2) is 0 Å². The van der Waals surface area contributed by atoms with E-state index in [1.165, 1.54) is 4.90 Å². The van der Waals surface area contributed by atoms with Crippen molar-refractivity contribution in [1.82, 2.24) is 9.97 Å². The molecule has 114 valence electrons. The lowest BCUT2D eigenvalue weighted by Gasteiger charge is -2.27. The van der Waals surface area contributed by atoms with Crippen molar-refractivity contribution in [3.05, 3.63) is 11.4 Å². The van der Waals surface area contributed by atoms with Crippen LogP contribution in [0.3, 0.4) is 0 Å². The molecule has 0 aliphatic rings. The van der Waals surface area contributed by atoms with Gasteiger partial charge < -0.3 is 10.2 Å². The van der Waals surface area contributed by atoms with Crippen molar-refractivity contribution in [2.45, 2.75) is 40.3 Å². The number of anilines is 2. The molecule has 0 fully saturated rings. The van der Waals surface area contributed by atoms with E-state index in [1.54, 1.807) is 13.8 Å². The number of alkyl halides is 3. The number of aryl methyl sites for hydroxylation is 1. The number of hydrogen-bond donors (Lipinski definition) is 1. The Morgan fingerprint density at radius 1 is 1.15 bits per heavy atom. The molecule has 0 aliphatic heterocycles. The highest BCUT2D eigenvalue weighted by molar-refractivity contribution is 5.58. The van der Waals surface area contributed by atoms with E-state index in [-0.39, 0.29) is 0 Å². The van der Waals surface area contributed by atoms with E-state index in [4.69, 9.17) is 0 Å². The molecule has 0 bridgehead atoms. The molecule has 20 heavy (non-hydrogen) atoms. The van der Waals surface area contributed by atoms with E-state index >= 15 is 0 Å². The molecule has 0 saturated heterocycles. The van der Waals surface area contributed by atoms with Gasteiger partial charge in [-0.2, -0.15) is 13.2 Å². The first-order valence-corrected chi connectivity index (χ1v) is 6.69. The van der Waals surface area contributed by atoms with Crippen LogP contribution in [0.25, 0.3) is 0 Å². The van der Waals surface area contributed by atoms with E-state index in [2.05, 4.69) is 15.3 Å². The number of rotatable bonds is 6. The van der Waals surface area contributed by atoms with E-state index < -0.39 is 12.7 Å². The summed E-state index contributed by atoms with van der Waals surface area (Å²) >= 11 is 0. The minimum absolute atomic E-state index is 0.308. The maximum atomic E-state index is 12.7. The fourth-order valence-corrected chi connectivity index (χ4v) is 2.01. The van der Waals surface area contributed by atoms with Gasteiger partial charge in [0.25, 0.3) is 0 Å². The zero-order chi connectivity index (χ0) is 15.3. The van der Waals surface area contributed by atoms with Crippen LogP contribution in [-0.4, -0.2) is 35.8 Å². The number of nitrogens with zero attached hydrogens (tertiary/aromatic N) is 3. The maximum absolute atomic E-state index is 12.7. The van der Waals surface area contributed by atoms with Crippen LogP contribution in [-0.2, 0) is 0 Å². The summed E-state index contributed by atoms with van der Waals surface area (Å²) in [5, 5.41) is 3.06.